The minimum atomic E-state index is -0.391. The molecule has 0 bridgehead atoms. The summed E-state index contributed by atoms with van der Waals surface area (Å²) in [5.74, 6) is -0.547. The normalized spacial score (nSPS) is 10.2. The van der Waals surface area contributed by atoms with Crippen LogP contribution in [0.2, 0.25) is 0 Å². The SMILES string of the molecule is CCOC(=O)/C=C/c1cccc(C(=O)NC)c1. The van der Waals surface area contributed by atoms with E-state index in [1.54, 1.807) is 38.2 Å². The Bertz CT molecular complexity index is 438. The van der Waals surface area contributed by atoms with Gasteiger partial charge in [0.2, 0.25) is 0 Å². The first-order valence-corrected chi connectivity index (χ1v) is 5.34. The quantitative estimate of drug-likeness (QED) is 0.635. The minimum Gasteiger partial charge on any atom is -0.463 e. The number of carbonyl (C=O) groups excluding carboxylic acids is 2. The van der Waals surface area contributed by atoms with Crippen molar-refractivity contribution in [3.05, 3.63) is 41.5 Å². The molecule has 1 aromatic carbocycles. The smallest absolute Gasteiger partial charge is 0.330 e. The van der Waals surface area contributed by atoms with Gasteiger partial charge >= 0.3 is 5.97 Å². The molecular formula is C13H15NO3. The molecule has 0 atom stereocenters. The lowest BCUT2D eigenvalue weighted by Crippen LogP contribution is -2.17. The van der Waals surface area contributed by atoms with Gasteiger partial charge in [0.15, 0.2) is 0 Å². The van der Waals surface area contributed by atoms with Crippen molar-refractivity contribution in [3.8, 4) is 0 Å². The molecule has 0 saturated heterocycles. The average molecular weight is 233 g/mol. The van der Waals surface area contributed by atoms with Crippen LogP contribution in [0.5, 0.6) is 0 Å². The summed E-state index contributed by atoms with van der Waals surface area (Å²) >= 11 is 0. The average Bonchev–Trinajstić information content (AvgIpc) is 2.36. The van der Waals surface area contributed by atoms with Crippen LogP contribution in [0.4, 0.5) is 0 Å². The summed E-state index contributed by atoms with van der Waals surface area (Å²) in [6, 6.07) is 6.98. The second-order valence-corrected chi connectivity index (χ2v) is 3.29. The van der Waals surface area contributed by atoms with E-state index in [2.05, 4.69) is 5.32 Å². The minimum absolute atomic E-state index is 0.156. The van der Waals surface area contributed by atoms with Gasteiger partial charge in [0.25, 0.3) is 5.91 Å². The summed E-state index contributed by atoms with van der Waals surface area (Å²) in [7, 11) is 1.57. The largest absolute Gasteiger partial charge is 0.463 e. The van der Waals surface area contributed by atoms with Gasteiger partial charge in [-0.15, -0.1) is 0 Å². The van der Waals surface area contributed by atoms with Crippen LogP contribution in [0.25, 0.3) is 6.08 Å². The number of hydrogen-bond acceptors (Lipinski definition) is 3. The maximum absolute atomic E-state index is 11.4. The summed E-state index contributed by atoms with van der Waals surface area (Å²) in [4.78, 5) is 22.5. The highest BCUT2D eigenvalue weighted by Crippen LogP contribution is 2.07. The van der Waals surface area contributed by atoms with Crippen molar-refractivity contribution < 1.29 is 14.3 Å². The summed E-state index contributed by atoms with van der Waals surface area (Å²) in [5, 5.41) is 2.54. The number of rotatable bonds is 4. The van der Waals surface area contributed by atoms with Crippen molar-refractivity contribution in [2.24, 2.45) is 0 Å². The Hall–Kier alpha value is -2.10. The second-order valence-electron chi connectivity index (χ2n) is 3.29. The van der Waals surface area contributed by atoms with E-state index >= 15 is 0 Å². The van der Waals surface area contributed by atoms with Crippen molar-refractivity contribution in [2.75, 3.05) is 13.7 Å². The molecule has 0 aliphatic rings. The maximum Gasteiger partial charge on any atom is 0.330 e. The highest BCUT2D eigenvalue weighted by Gasteiger charge is 2.02. The van der Waals surface area contributed by atoms with E-state index < -0.39 is 5.97 Å². The summed E-state index contributed by atoms with van der Waals surface area (Å²) < 4.78 is 4.76. The second kappa shape index (κ2) is 6.48. The van der Waals surface area contributed by atoms with Crippen molar-refractivity contribution in [2.45, 2.75) is 6.92 Å². The molecule has 0 aromatic heterocycles. The van der Waals surface area contributed by atoms with Gasteiger partial charge < -0.3 is 10.1 Å². The predicted molar refractivity (Wildman–Crippen MR) is 65.5 cm³/mol. The number of nitrogens with one attached hydrogen (secondary N) is 1. The number of hydrogen-bond donors (Lipinski definition) is 1. The molecular weight excluding hydrogens is 218 g/mol. The Morgan fingerprint density at radius 3 is 2.82 bits per heavy atom. The Morgan fingerprint density at radius 1 is 1.41 bits per heavy atom. The third-order valence-corrected chi connectivity index (χ3v) is 2.07. The number of amides is 1. The van der Waals surface area contributed by atoms with E-state index in [-0.39, 0.29) is 5.91 Å². The zero-order valence-electron chi connectivity index (χ0n) is 9.90. The maximum atomic E-state index is 11.4. The van der Waals surface area contributed by atoms with Crippen LogP contribution < -0.4 is 5.32 Å². The van der Waals surface area contributed by atoms with Crippen molar-refractivity contribution >= 4 is 18.0 Å². The number of benzene rings is 1. The molecule has 0 fully saturated rings. The zero-order valence-corrected chi connectivity index (χ0v) is 9.90. The third-order valence-electron chi connectivity index (χ3n) is 2.07. The van der Waals surface area contributed by atoms with Crippen LogP contribution in [0.15, 0.2) is 30.3 Å². The summed E-state index contributed by atoms with van der Waals surface area (Å²) in [5.41, 5.74) is 1.33. The van der Waals surface area contributed by atoms with Crippen molar-refractivity contribution in [1.29, 1.82) is 0 Å². The van der Waals surface area contributed by atoms with Crippen molar-refractivity contribution in [1.82, 2.24) is 5.32 Å². The molecule has 17 heavy (non-hydrogen) atoms. The lowest BCUT2D eigenvalue weighted by Gasteiger charge is -2.00. The monoisotopic (exact) mass is 233 g/mol. The van der Waals surface area contributed by atoms with Crippen LogP contribution in [-0.4, -0.2) is 25.5 Å². The fraction of sp³-hybridized carbons (Fsp3) is 0.231. The molecule has 1 N–H and O–H groups in total. The first kappa shape index (κ1) is 13.0. The van der Waals surface area contributed by atoms with E-state index in [0.717, 1.165) is 5.56 Å². The Labute approximate surface area is 100 Å². The molecule has 4 heteroatoms. The molecule has 0 aliphatic carbocycles. The van der Waals surface area contributed by atoms with Gasteiger partial charge in [0.1, 0.15) is 0 Å². The Kier molecular flexibility index (Phi) is 4.94. The van der Waals surface area contributed by atoms with Gasteiger partial charge in [-0.2, -0.15) is 0 Å². The van der Waals surface area contributed by atoms with E-state index in [9.17, 15) is 9.59 Å². The lowest BCUT2D eigenvalue weighted by atomic mass is 10.1. The summed E-state index contributed by atoms with van der Waals surface area (Å²) in [6.45, 7) is 2.10. The van der Waals surface area contributed by atoms with Crippen LogP contribution in [0.1, 0.15) is 22.8 Å². The molecule has 0 radical (unpaired) electrons. The Morgan fingerprint density at radius 2 is 2.18 bits per heavy atom. The lowest BCUT2D eigenvalue weighted by molar-refractivity contribution is -0.137. The topological polar surface area (TPSA) is 55.4 Å². The molecule has 0 spiro atoms. The first-order chi connectivity index (χ1) is 8.17. The number of esters is 1. The highest BCUT2D eigenvalue weighted by molar-refractivity contribution is 5.95. The van der Waals surface area contributed by atoms with E-state index in [0.29, 0.717) is 12.2 Å². The summed E-state index contributed by atoms with van der Waals surface area (Å²) in [6.07, 6.45) is 2.96. The van der Waals surface area contributed by atoms with Crippen LogP contribution >= 0.6 is 0 Å². The van der Waals surface area contributed by atoms with Crippen LogP contribution in [0.3, 0.4) is 0 Å². The number of ether oxygens (including phenoxy) is 1. The zero-order chi connectivity index (χ0) is 12.7. The van der Waals surface area contributed by atoms with Gasteiger partial charge in [-0.3, -0.25) is 4.79 Å². The molecule has 90 valence electrons. The molecule has 0 saturated carbocycles. The van der Waals surface area contributed by atoms with Gasteiger partial charge in [0.05, 0.1) is 6.61 Å². The molecule has 0 heterocycles. The van der Waals surface area contributed by atoms with E-state index in [4.69, 9.17) is 4.74 Å². The van der Waals surface area contributed by atoms with Crippen molar-refractivity contribution in [3.63, 3.8) is 0 Å². The molecule has 0 aliphatic heterocycles. The van der Waals surface area contributed by atoms with E-state index in [1.807, 2.05) is 6.07 Å². The van der Waals surface area contributed by atoms with Gasteiger partial charge in [0, 0.05) is 18.7 Å². The highest BCUT2D eigenvalue weighted by atomic mass is 16.5. The van der Waals surface area contributed by atoms with Gasteiger partial charge in [-0.25, -0.2) is 4.79 Å². The fourth-order valence-corrected chi connectivity index (χ4v) is 1.28. The molecule has 1 aromatic rings. The molecule has 1 amide bonds. The number of carbonyl (C=O) groups is 2. The van der Waals surface area contributed by atoms with E-state index in [1.165, 1.54) is 6.08 Å². The first-order valence-electron chi connectivity index (χ1n) is 5.34. The predicted octanol–water partition coefficient (Wildman–Crippen LogP) is 1.62. The van der Waals surface area contributed by atoms with Gasteiger partial charge in [-0.05, 0) is 30.7 Å². The Balaban J connectivity index is 2.78. The third kappa shape index (κ3) is 4.10. The molecule has 1 rings (SSSR count). The van der Waals surface area contributed by atoms with Crippen LogP contribution in [0, 0.1) is 0 Å². The van der Waals surface area contributed by atoms with Crippen LogP contribution in [-0.2, 0) is 9.53 Å². The molecule has 0 unspecified atom stereocenters. The molecule has 4 nitrogen and oxygen atoms in total. The van der Waals surface area contributed by atoms with Gasteiger partial charge in [-0.1, -0.05) is 12.1 Å². The fourth-order valence-electron chi connectivity index (χ4n) is 1.28. The standard InChI is InChI=1S/C13H15NO3/c1-3-17-12(15)8-7-10-5-4-6-11(9-10)13(16)14-2/h4-9H,3H2,1-2H3,(H,14,16)/b8-7+.